The highest BCUT2D eigenvalue weighted by molar-refractivity contribution is 6.22. The maximum atomic E-state index is 13.1. The highest BCUT2D eigenvalue weighted by atomic mass is 16.5. The molecule has 7 heteroatoms. The Morgan fingerprint density at radius 2 is 1.84 bits per heavy atom. The minimum absolute atomic E-state index is 0.00681. The van der Waals surface area contributed by atoms with Gasteiger partial charge in [0.15, 0.2) is 5.41 Å². The molecule has 1 aromatic carbocycles. The van der Waals surface area contributed by atoms with E-state index in [4.69, 9.17) is 4.74 Å². The van der Waals surface area contributed by atoms with Crippen molar-refractivity contribution in [2.45, 2.75) is 44.8 Å². The van der Waals surface area contributed by atoms with Crippen LogP contribution in [0.5, 0.6) is 0 Å². The molecule has 1 fully saturated rings. The van der Waals surface area contributed by atoms with Crippen LogP contribution in [0.25, 0.3) is 0 Å². The number of rotatable bonds is 7. The zero-order valence-corrected chi connectivity index (χ0v) is 14.7. The summed E-state index contributed by atoms with van der Waals surface area (Å²) in [6.45, 7) is 5.12. The predicted molar refractivity (Wildman–Crippen MR) is 90.8 cm³/mol. The number of amides is 4. The molecule has 0 saturated carbocycles. The molecule has 4 amide bonds. The Morgan fingerprint density at radius 1 is 1.20 bits per heavy atom. The van der Waals surface area contributed by atoms with Crippen LogP contribution in [0.15, 0.2) is 30.3 Å². The number of aliphatic hydroxyl groups is 1. The third-order valence-electron chi connectivity index (χ3n) is 4.28. The number of nitrogens with one attached hydrogen (secondary N) is 1. The Morgan fingerprint density at radius 3 is 2.40 bits per heavy atom. The Kier molecular flexibility index (Phi) is 5.92. The van der Waals surface area contributed by atoms with Crippen molar-refractivity contribution in [3.8, 4) is 0 Å². The third kappa shape index (κ3) is 3.72. The number of β-amino-alcohol motifs (C(OH)–C–C–N with tert-alkyl or cyclic N) is 1. The second-order valence-electron chi connectivity index (χ2n) is 6.34. The van der Waals surface area contributed by atoms with Crippen LogP contribution in [0.4, 0.5) is 4.79 Å². The van der Waals surface area contributed by atoms with Crippen LogP contribution in [-0.4, -0.2) is 53.2 Å². The average Bonchev–Trinajstić information content (AvgIpc) is 2.58. The van der Waals surface area contributed by atoms with Gasteiger partial charge in [-0.3, -0.25) is 19.8 Å². The van der Waals surface area contributed by atoms with Gasteiger partial charge >= 0.3 is 6.03 Å². The Bertz CT molecular complexity index is 646. The zero-order chi connectivity index (χ0) is 18.6. The smallest absolute Gasteiger partial charge is 0.330 e. The molecule has 1 aliphatic heterocycles. The first-order valence-electron chi connectivity index (χ1n) is 8.35. The van der Waals surface area contributed by atoms with Gasteiger partial charge in [0.2, 0.25) is 5.91 Å². The lowest BCUT2D eigenvalue weighted by Crippen LogP contribution is -2.66. The SMILES string of the molecule is CCC1(c2ccccc2)C(=O)NC(=O)N(CC(O)COC(C)C)C1=O. The first kappa shape index (κ1) is 19.1. The molecule has 2 unspecified atom stereocenters. The van der Waals surface area contributed by atoms with Crippen molar-refractivity contribution in [2.75, 3.05) is 13.2 Å². The molecule has 0 bridgehead atoms. The molecule has 25 heavy (non-hydrogen) atoms. The van der Waals surface area contributed by atoms with Gasteiger partial charge in [0, 0.05) is 0 Å². The molecule has 0 aromatic heterocycles. The van der Waals surface area contributed by atoms with Crippen molar-refractivity contribution < 1.29 is 24.2 Å². The molecule has 7 nitrogen and oxygen atoms in total. The molecule has 0 aliphatic carbocycles. The fourth-order valence-electron chi connectivity index (χ4n) is 2.92. The van der Waals surface area contributed by atoms with E-state index in [1.165, 1.54) is 0 Å². The van der Waals surface area contributed by atoms with Gasteiger partial charge in [-0.15, -0.1) is 0 Å². The molecule has 0 radical (unpaired) electrons. The topological polar surface area (TPSA) is 95.9 Å². The van der Waals surface area contributed by atoms with E-state index < -0.39 is 29.4 Å². The van der Waals surface area contributed by atoms with Crippen molar-refractivity contribution in [3.63, 3.8) is 0 Å². The number of urea groups is 1. The molecule has 1 aliphatic rings. The summed E-state index contributed by atoms with van der Waals surface area (Å²) < 4.78 is 5.31. The molecule has 0 spiro atoms. The second-order valence-corrected chi connectivity index (χ2v) is 6.34. The number of nitrogens with zero attached hydrogens (tertiary/aromatic N) is 1. The van der Waals surface area contributed by atoms with Crippen LogP contribution in [-0.2, 0) is 19.7 Å². The standard InChI is InChI=1S/C18H24N2O5/c1-4-18(13-8-6-5-7-9-13)15(22)19-17(24)20(16(18)23)10-14(21)11-25-12(2)3/h5-9,12,14,21H,4,10-11H2,1-3H3,(H,19,22,24). The van der Waals surface area contributed by atoms with Crippen molar-refractivity contribution in [2.24, 2.45) is 0 Å². The van der Waals surface area contributed by atoms with Crippen molar-refractivity contribution >= 4 is 17.8 Å². The van der Waals surface area contributed by atoms with E-state index in [1.54, 1.807) is 37.3 Å². The van der Waals surface area contributed by atoms with Gasteiger partial charge in [-0.05, 0) is 25.8 Å². The van der Waals surface area contributed by atoms with Gasteiger partial charge in [-0.1, -0.05) is 37.3 Å². The Hall–Kier alpha value is -2.25. The predicted octanol–water partition coefficient (Wildman–Crippen LogP) is 1.20. The molecule has 2 atom stereocenters. The van der Waals surface area contributed by atoms with E-state index in [-0.39, 0.29) is 25.7 Å². The Balaban J connectivity index is 2.29. The van der Waals surface area contributed by atoms with Gasteiger partial charge in [0.25, 0.3) is 5.91 Å². The number of hydrogen-bond acceptors (Lipinski definition) is 5. The van der Waals surface area contributed by atoms with Gasteiger partial charge in [-0.25, -0.2) is 4.79 Å². The van der Waals surface area contributed by atoms with E-state index in [0.717, 1.165) is 4.90 Å². The number of carbonyl (C=O) groups excluding carboxylic acids is 3. The van der Waals surface area contributed by atoms with E-state index >= 15 is 0 Å². The molecule has 136 valence electrons. The molecule has 1 saturated heterocycles. The summed E-state index contributed by atoms with van der Waals surface area (Å²) in [6, 6.07) is 7.81. The summed E-state index contributed by atoms with van der Waals surface area (Å²) in [6.07, 6.45) is -0.916. The number of aliphatic hydroxyl groups excluding tert-OH is 1. The van der Waals surface area contributed by atoms with Crippen molar-refractivity contribution in [1.82, 2.24) is 10.2 Å². The van der Waals surface area contributed by atoms with Gasteiger partial charge in [0.05, 0.1) is 25.4 Å². The first-order valence-corrected chi connectivity index (χ1v) is 8.35. The molecule has 1 aromatic rings. The average molecular weight is 348 g/mol. The number of ether oxygens (including phenoxy) is 1. The lowest BCUT2D eigenvalue weighted by Gasteiger charge is -2.39. The van der Waals surface area contributed by atoms with Crippen LogP contribution in [0.3, 0.4) is 0 Å². The summed E-state index contributed by atoms with van der Waals surface area (Å²) in [7, 11) is 0. The largest absolute Gasteiger partial charge is 0.389 e. The zero-order valence-electron chi connectivity index (χ0n) is 14.7. The highest BCUT2D eigenvalue weighted by Gasteiger charge is 2.54. The highest BCUT2D eigenvalue weighted by Crippen LogP contribution is 2.33. The molecule has 1 heterocycles. The maximum absolute atomic E-state index is 13.1. The third-order valence-corrected chi connectivity index (χ3v) is 4.28. The van der Waals surface area contributed by atoms with E-state index in [2.05, 4.69) is 5.32 Å². The fraction of sp³-hybridized carbons (Fsp3) is 0.500. The quantitative estimate of drug-likeness (QED) is 0.722. The van der Waals surface area contributed by atoms with Gasteiger partial charge in [0.1, 0.15) is 0 Å². The molecular formula is C18H24N2O5. The number of benzene rings is 1. The van der Waals surface area contributed by atoms with E-state index in [1.807, 2.05) is 13.8 Å². The Labute approximate surface area is 147 Å². The molecule has 2 rings (SSSR count). The van der Waals surface area contributed by atoms with Gasteiger partial charge < -0.3 is 9.84 Å². The lowest BCUT2D eigenvalue weighted by molar-refractivity contribution is -0.147. The summed E-state index contributed by atoms with van der Waals surface area (Å²) in [5.41, 5.74) is -0.959. The van der Waals surface area contributed by atoms with Crippen LogP contribution < -0.4 is 5.32 Å². The first-order chi connectivity index (χ1) is 11.8. The van der Waals surface area contributed by atoms with E-state index in [9.17, 15) is 19.5 Å². The van der Waals surface area contributed by atoms with Crippen LogP contribution in [0, 0.1) is 0 Å². The number of barbiturate groups is 1. The number of carbonyl (C=O) groups is 3. The number of hydrogen-bond donors (Lipinski definition) is 2. The van der Waals surface area contributed by atoms with E-state index in [0.29, 0.717) is 5.56 Å². The molecular weight excluding hydrogens is 324 g/mol. The maximum Gasteiger partial charge on any atom is 0.330 e. The van der Waals surface area contributed by atoms with Crippen LogP contribution in [0.1, 0.15) is 32.8 Å². The number of imide groups is 2. The minimum Gasteiger partial charge on any atom is -0.389 e. The van der Waals surface area contributed by atoms with Crippen LogP contribution in [0.2, 0.25) is 0 Å². The van der Waals surface area contributed by atoms with Gasteiger partial charge in [-0.2, -0.15) is 0 Å². The summed E-state index contributed by atoms with van der Waals surface area (Å²) in [4.78, 5) is 38.7. The minimum atomic E-state index is -1.48. The summed E-state index contributed by atoms with van der Waals surface area (Å²) in [5.74, 6) is -1.26. The normalized spacial score (nSPS) is 22.3. The van der Waals surface area contributed by atoms with Crippen molar-refractivity contribution in [1.29, 1.82) is 0 Å². The summed E-state index contributed by atoms with van der Waals surface area (Å²) >= 11 is 0. The molecule has 2 N–H and O–H groups in total. The van der Waals surface area contributed by atoms with Crippen LogP contribution >= 0.6 is 0 Å². The fourth-order valence-corrected chi connectivity index (χ4v) is 2.92. The monoisotopic (exact) mass is 348 g/mol. The lowest BCUT2D eigenvalue weighted by atomic mass is 9.74. The summed E-state index contributed by atoms with van der Waals surface area (Å²) in [5, 5.41) is 12.3. The van der Waals surface area contributed by atoms with Crippen molar-refractivity contribution in [3.05, 3.63) is 35.9 Å². The second kappa shape index (κ2) is 7.76.